The molecule has 4 aromatic rings. The largest absolute Gasteiger partial charge is 0.493 e. The minimum absolute atomic E-state index is 0.114. The molecule has 1 fully saturated rings. The second-order valence-electron chi connectivity index (χ2n) is 11.2. The van der Waals surface area contributed by atoms with Gasteiger partial charge in [-0.25, -0.2) is 9.97 Å². The van der Waals surface area contributed by atoms with E-state index in [0.717, 1.165) is 59.1 Å². The molecule has 268 valence electrons. The van der Waals surface area contributed by atoms with Crippen LogP contribution in [-0.4, -0.2) is 82.5 Å². The van der Waals surface area contributed by atoms with Crippen molar-refractivity contribution in [2.75, 3.05) is 48.3 Å². The fourth-order valence-corrected chi connectivity index (χ4v) is 5.22. The third kappa shape index (κ3) is 9.62. The molecule has 0 aliphatic carbocycles. The zero-order chi connectivity index (χ0) is 36.9. The Hall–Kier alpha value is -5.45. The number of nitrogens with one attached hydrogen (secondary N) is 2. The lowest BCUT2D eigenvalue weighted by Crippen LogP contribution is -2.48. The number of ether oxygens (including phenoxy) is 1. The SMILES string of the molecule is CC(=O)N1CCN(c2cc(-c3cc4cc(c3)Nc3ncc(Cl)c(n3)Nc3cccc(c3)OCC4)ccn2)CC1.O=C(C(=O)C(F)(F)F)C(F)(F)F. The molecule has 1 saturated heterocycles. The Morgan fingerprint density at radius 2 is 1.53 bits per heavy atom. The number of piperazine rings is 1. The molecule has 6 rings (SSSR count). The maximum Gasteiger partial charge on any atom is 0.458 e. The summed E-state index contributed by atoms with van der Waals surface area (Å²) >= 11 is 6.39. The Labute approximate surface area is 291 Å². The lowest BCUT2D eigenvalue weighted by Gasteiger charge is -2.35. The van der Waals surface area contributed by atoms with E-state index in [1.54, 1.807) is 13.1 Å². The van der Waals surface area contributed by atoms with Crippen LogP contribution in [0.2, 0.25) is 5.02 Å². The number of hydrogen-bond acceptors (Lipinski definition) is 10. The minimum atomic E-state index is -5.77. The zero-order valence-electron chi connectivity index (χ0n) is 26.6. The molecule has 0 radical (unpaired) electrons. The van der Waals surface area contributed by atoms with E-state index in [1.165, 1.54) is 0 Å². The number of aromatic nitrogens is 3. The van der Waals surface area contributed by atoms with E-state index in [2.05, 4.69) is 54.8 Å². The van der Waals surface area contributed by atoms with Gasteiger partial charge >= 0.3 is 23.9 Å². The van der Waals surface area contributed by atoms with Crippen LogP contribution in [0.15, 0.2) is 67.0 Å². The Bertz CT molecular complexity index is 1910. The number of alkyl halides is 6. The monoisotopic (exact) mass is 735 g/mol. The van der Waals surface area contributed by atoms with E-state index < -0.39 is 23.9 Å². The summed E-state index contributed by atoms with van der Waals surface area (Å²) in [4.78, 5) is 48.7. The number of nitrogens with zero attached hydrogens (tertiary/aromatic N) is 5. The molecule has 2 N–H and O–H groups in total. The highest BCUT2D eigenvalue weighted by Crippen LogP contribution is 2.31. The summed E-state index contributed by atoms with van der Waals surface area (Å²) < 4.78 is 73.0. The average Bonchev–Trinajstić information content (AvgIpc) is 3.08. The summed E-state index contributed by atoms with van der Waals surface area (Å²) in [5.74, 6) is -4.09. The van der Waals surface area contributed by atoms with Gasteiger partial charge in [-0.15, -0.1) is 0 Å². The number of fused-ring (bicyclic) bond motifs is 6. The number of rotatable bonds is 3. The Balaban J connectivity index is 0.000000362. The first-order chi connectivity index (χ1) is 24.1. The first-order valence-corrected chi connectivity index (χ1v) is 15.6. The number of amides is 1. The van der Waals surface area contributed by atoms with Crippen LogP contribution in [0, 0.1) is 0 Å². The van der Waals surface area contributed by atoms with Gasteiger partial charge in [-0.1, -0.05) is 23.7 Å². The second-order valence-corrected chi connectivity index (χ2v) is 11.6. The van der Waals surface area contributed by atoms with Crippen molar-refractivity contribution in [3.63, 3.8) is 0 Å². The third-order valence-corrected chi connectivity index (χ3v) is 7.87. The number of carbonyl (C=O) groups excluding carboxylic acids is 3. The first-order valence-electron chi connectivity index (χ1n) is 15.2. The van der Waals surface area contributed by atoms with Gasteiger partial charge in [-0.2, -0.15) is 31.3 Å². The van der Waals surface area contributed by atoms with Gasteiger partial charge in [-0.3, -0.25) is 14.4 Å². The Morgan fingerprint density at radius 3 is 2.20 bits per heavy atom. The van der Waals surface area contributed by atoms with Crippen LogP contribution in [0.5, 0.6) is 5.75 Å². The predicted octanol–water partition coefficient (Wildman–Crippen LogP) is 6.53. The molecule has 51 heavy (non-hydrogen) atoms. The van der Waals surface area contributed by atoms with Gasteiger partial charge in [0.2, 0.25) is 11.9 Å². The van der Waals surface area contributed by atoms with Crippen LogP contribution in [0.4, 0.5) is 55.3 Å². The van der Waals surface area contributed by atoms with E-state index in [0.29, 0.717) is 36.5 Å². The topological polar surface area (TPSA) is 130 Å². The minimum Gasteiger partial charge on any atom is -0.493 e. The van der Waals surface area contributed by atoms with Crippen LogP contribution in [0.25, 0.3) is 11.1 Å². The normalized spacial score (nSPS) is 14.4. The van der Waals surface area contributed by atoms with Crippen molar-refractivity contribution >= 4 is 58.0 Å². The van der Waals surface area contributed by atoms with Gasteiger partial charge in [0.1, 0.15) is 16.6 Å². The van der Waals surface area contributed by atoms with Crippen LogP contribution >= 0.6 is 11.6 Å². The quantitative estimate of drug-likeness (QED) is 0.177. The lowest BCUT2D eigenvalue weighted by molar-refractivity contribution is -0.193. The molecular weight excluding hydrogens is 708 g/mol. The number of pyridine rings is 1. The molecule has 2 aromatic carbocycles. The summed E-state index contributed by atoms with van der Waals surface area (Å²) in [5, 5.41) is 7.03. The molecule has 2 aliphatic rings. The number of ketones is 2. The molecule has 6 bridgehead atoms. The molecule has 11 nitrogen and oxygen atoms in total. The number of halogens is 7. The van der Waals surface area contributed by atoms with Crippen LogP contribution in [-0.2, 0) is 20.8 Å². The molecule has 0 unspecified atom stereocenters. The van der Waals surface area contributed by atoms with Gasteiger partial charge < -0.3 is 25.2 Å². The summed E-state index contributed by atoms with van der Waals surface area (Å²) in [5.41, 5.74) is 4.90. The third-order valence-electron chi connectivity index (χ3n) is 7.60. The van der Waals surface area contributed by atoms with Crippen molar-refractivity contribution in [2.45, 2.75) is 25.7 Å². The lowest BCUT2D eigenvalue weighted by atomic mass is 10.0. The molecule has 18 heteroatoms. The van der Waals surface area contributed by atoms with Gasteiger partial charge in [0.15, 0.2) is 5.82 Å². The number of carbonyl (C=O) groups is 3. The van der Waals surface area contributed by atoms with Crippen molar-refractivity contribution in [1.29, 1.82) is 0 Å². The first kappa shape index (κ1) is 36.8. The second kappa shape index (κ2) is 15.2. The Morgan fingerprint density at radius 1 is 0.824 bits per heavy atom. The zero-order valence-corrected chi connectivity index (χ0v) is 27.4. The Kier molecular flexibility index (Phi) is 11.0. The molecule has 0 atom stereocenters. The van der Waals surface area contributed by atoms with Crippen LogP contribution in [0.3, 0.4) is 0 Å². The van der Waals surface area contributed by atoms with Crippen molar-refractivity contribution in [3.05, 3.63) is 77.6 Å². The average molecular weight is 736 g/mol. The molecule has 2 aliphatic heterocycles. The van der Waals surface area contributed by atoms with E-state index in [9.17, 15) is 40.7 Å². The number of hydrogen-bond donors (Lipinski definition) is 2. The van der Waals surface area contributed by atoms with Crippen LogP contribution in [0.1, 0.15) is 12.5 Å². The van der Waals surface area contributed by atoms with E-state index >= 15 is 0 Å². The van der Waals surface area contributed by atoms with E-state index in [1.807, 2.05) is 41.4 Å². The number of anilines is 5. The smallest absolute Gasteiger partial charge is 0.458 e. The van der Waals surface area contributed by atoms with Crippen molar-refractivity contribution in [3.8, 4) is 16.9 Å². The standard InChI is InChI=1S/C29H28ClN7O2.C4F6O2/c1-19(38)36-8-10-37(11-9-36)27-16-21(5-7-31-27)22-13-20-6-12-39-25-4-2-3-23(17-25)33-28-26(30)18-32-29(35-28)34-24(14-20)15-22;5-3(6,7)1(11)2(12)4(8,9)10/h2-5,7,13-18H,6,8-12H2,1H3,(H2,32,33,34,35);. The van der Waals surface area contributed by atoms with Crippen molar-refractivity contribution in [2.24, 2.45) is 0 Å². The summed E-state index contributed by atoms with van der Waals surface area (Å²) in [6.07, 6.45) is -7.40. The van der Waals surface area contributed by atoms with Crippen LogP contribution < -0.4 is 20.3 Å². The molecule has 1 amide bonds. The summed E-state index contributed by atoms with van der Waals surface area (Å²) in [6.45, 7) is 5.05. The fraction of sp³-hybridized carbons (Fsp3) is 0.273. The number of benzene rings is 2. The highest BCUT2D eigenvalue weighted by atomic mass is 35.5. The maximum absolute atomic E-state index is 11.7. The van der Waals surface area contributed by atoms with E-state index in [-0.39, 0.29) is 5.91 Å². The number of Topliss-reactive ketones (excluding diaryl/α,β-unsaturated/α-hetero) is 2. The summed E-state index contributed by atoms with van der Waals surface area (Å²) in [6, 6.07) is 18.2. The van der Waals surface area contributed by atoms with Gasteiger partial charge in [0, 0.05) is 63.2 Å². The maximum atomic E-state index is 11.7. The molecule has 4 heterocycles. The molecule has 0 spiro atoms. The summed E-state index contributed by atoms with van der Waals surface area (Å²) in [7, 11) is 0. The molecular formula is C33H28ClF6N7O4. The van der Waals surface area contributed by atoms with Crippen molar-refractivity contribution in [1.82, 2.24) is 19.9 Å². The fourth-order valence-electron chi connectivity index (χ4n) is 5.09. The van der Waals surface area contributed by atoms with Gasteiger partial charge in [0.05, 0.1) is 12.8 Å². The highest BCUT2D eigenvalue weighted by molar-refractivity contribution is 6.41. The molecule has 0 saturated carbocycles. The molecule has 2 aromatic heterocycles. The van der Waals surface area contributed by atoms with Gasteiger partial charge in [0.25, 0.3) is 0 Å². The van der Waals surface area contributed by atoms with Crippen molar-refractivity contribution < 1.29 is 45.5 Å². The predicted molar refractivity (Wildman–Crippen MR) is 176 cm³/mol. The van der Waals surface area contributed by atoms with E-state index in [4.69, 9.17) is 16.3 Å². The highest BCUT2D eigenvalue weighted by Gasteiger charge is 2.54. The van der Waals surface area contributed by atoms with Gasteiger partial charge in [-0.05, 0) is 53.1 Å².